The summed E-state index contributed by atoms with van der Waals surface area (Å²) in [5, 5.41) is 0. The lowest BCUT2D eigenvalue weighted by molar-refractivity contribution is -0.0682. The fourth-order valence-corrected chi connectivity index (χ4v) is 0.844. The Morgan fingerprint density at radius 3 is 2.08 bits per heavy atom. The van der Waals surface area contributed by atoms with Crippen LogP contribution in [0.2, 0.25) is 0 Å². The molecular formula is C8H8F3N. The van der Waals surface area contributed by atoms with Crippen molar-refractivity contribution in [1.82, 2.24) is 0 Å². The van der Waals surface area contributed by atoms with Crippen molar-refractivity contribution in [1.29, 1.82) is 0 Å². The predicted molar refractivity (Wildman–Crippen MR) is 39.4 cm³/mol. The second kappa shape index (κ2) is 3.15. The Morgan fingerprint density at radius 1 is 1.17 bits per heavy atom. The van der Waals surface area contributed by atoms with Gasteiger partial charge in [0.25, 0.3) is 0 Å². The molecule has 1 aromatic rings. The molecule has 0 bridgehead atoms. The summed E-state index contributed by atoms with van der Waals surface area (Å²) in [5.41, 5.74) is 4.20. The van der Waals surface area contributed by atoms with E-state index in [9.17, 15) is 13.2 Å². The molecule has 0 heterocycles. The molecule has 4 heteroatoms. The second-order valence-corrected chi connectivity index (χ2v) is 2.45. The maximum absolute atomic E-state index is 12.8. The summed E-state index contributed by atoms with van der Waals surface area (Å²) in [4.78, 5) is 0. The van der Waals surface area contributed by atoms with E-state index in [1.807, 2.05) is 0 Å². The molecule has 0 radical (unpaired) electrons. The van der Waals surface area contributed by atoms with E-state index in [4.69, 9.17) is 0 Å². The van der Waals surface area contributed by atoms with Crippen LogP contribution in [-0.2, 0) is 0 Å². The Bertz CT molecular complexity index is 242. The van der Waals surface area contributed by atoms with Crippen LogP contribution in [0.4, 0.5) is 13.2 Å². The van der Waals surface area contributed by atoms with Crippen LogP contribution < -0.4 is 5.73 Å². The van der Waals surface area contributed by atoms with Gasteiger partial charge in [0.15, 0.2) is 0 Å². The van der Waals surface area contributed by atoms with E-state index in [0.29, 0.717) is 0 Å². The first-order valence-electron chi connectivity index (χ1n) is 3.37. The van der Waals surface area contributed by atoms with Crippen LogP contribution in [0.15, 0.2) is 30.3 Å². The van der Waals surface area contributed by atoms with Crippen LogP contribution >= 0.6 is 0 Å². The van der Waals surface area contributed by atoms with Crippen molar-refractivity contribution in [3.8, 4) is 0 Å². The van der Waals surface area contributed by atoms with Gasteiger partial charge in [-0.25, -0.2) is 4.39 Å². The van der Waals surface area contributed by atoms with Gasteiger partial charge in [0.1, 0.15) is 0 Å². The number of benzene rings is 1. The van der Waals surface area contributed by atoms with Gasteiger partial charge in [-0.2, -0.15) is 8.78 Å². The van der Waals surface area contributed by atoms with Gasteiger partial charge in [0.2, 0.25) is 6.17 Å². The summed E-state index contributed by atoms with van der Waals surface area (Å²) in [6, 6.07) is 3.31. The molecule has 0 unspecified atom stereocenters. The van der Waals surface area contributed by atoms with Gasteiger partial charge in [-0.05, 0) is 5.56 Å². The van der Waals surface area contributed by atoms with Crippen LogP contribution in [0.1, 0.15) is 11.7 Å². The number of hydrogen-bond donors (Lipinski definition) is 1. The lowest BCUT2D eigenvalue weighted by atomic mass is 10.1. The van der Waals surface area contributed by atoms with E-state index in [0.717, 1.165) is 0 Å². The molecule has 12 heavy (non-hydrogen) atoms. The minimum Gasteiger partial charge on any atom is -0.269 e. The quantitative estimate of drug-likeness (QED) is 0.685. The van der Waals surface area contributed by atoms with Gasteiger partial charge >= 0.3 is 6.05 Å². The summed E-state index contributed by atoms with van der Waals surface area (Å²) in [7, 11) is 0. The van der Waals surface area contributed by atoms with Crippen LogP contribution in [-0.4, -0.2) is 6.05 Å². The van der Waals surface area contributed by atoms with Crippen molar-refractivity contribution in [3.63, 3.8) is 0 Å². The van der Waals surface area contributed by atoms with Crippen molar-refractivity contribution < 1.29 is 13.2 Å². The summed E-state index contributed by atoms with van der Waals surface area (Å²) in [6.07, 6.45) is -2.43. The Balaban J connectivity index is 2.86. The van der Waals surface area contributed by atoms with Crippen molar-refractivity contribution in [2.24, 2.45) is 5.73 Å². The van der Waals surface area contributed by atoms with Gasteiger partial charge in [0.05, 0.1) is 0 Å². The smallest absolute Gasteiger partial charge is 0.269 e. The van der Waals surface area contributed by atoms with E-state index in [1.54, 1.807) is 6.07 Å². The number of halogens is 3. The molecule has 1 aromatic carbocycles. The highest BCUT2D eigenvalue weighted by Crippen LogP contribution is 2.29. The topological polar surface area (TPSA) is 26.0 Å². The molecule has 0 fully saturated rings. The fraction of sp³-hybridized carbons (Fsp3) is 0.250. The van der Waals surface area contributed by atoms with Gasteiger partial charge in [-0.15, -0.1) is 0 Å². The lowest BCUT2D eigenvalue weighted by Crippen LogP contribution is -2.33. The first-order chi connectivity index (χ1) is 5.52. The van der Waals surface area contributed by atoms with Crippen molar-refractivity contribution in [3.05, 3.63) is 35.9 Å². The molecule has 1 nitrogen and oxygen atoms in total. The Morgan fingerprint density at radius 2 is 1.67 bits per heavy atom. The highest BCUT2D eigenvalue weighted by Gasteiger charge is 2.36. The lowest BCUT2D eigenvalue weighted by Gasteiger charge is -2.15. The van der Waals surface area contributed by atoms with E-state index >= 15 is 0 Å². The van der Waals surface area contributed by atoms with Crippen LogP contribution in [0.25, 0.3) is 0 Å². The first-order valence-corrected chi connectivity index (χ1v) is 3.37. The van der Waals surface area contributed by atoms with E-state index in [-0.39, 0.29) is 5.56 Å². The van der Waals surface area contributed by atoms with Crippen LogP contribution in [0, 0.1) is 0 Å². The minimum atomic E-state index is -3.80. The molecule has 0 saturated heterocycles. The normalized spacial score (nSPS) is 14.3. The highest BCUT2D eigenvalue weighted by molar-refractivity contribution is 5.18. The standard InChI is InChI=1S/C8H8F3N/c9-7(8(10,11)12)6-4-2-1-3-5-6/h1-5,7H,12H2/t7-/m1/s1. The zero-order valence-electron chi connectivity index (χ0n) is 6.18. The Kier molecular flexibility index (Phi) is 2.38. The van der Waals surface area contributed by atoms with Gasteiger partial charge < -0.3 is 0 Å². The number of hydrogen-bond acceptors (Lipinski definition) is 1. The summed E-state index contributed by atoms with van der Waals surface area (Å²) < 4.78 is 37.2. The van der Waals surface area contributed by atoms with Crippen molar-refractivity contribution in [2.75, 3.05) is 0 Å². The van der Waals surface area contributed by atoms with E-state index in [2.05, 4.69) is 5.73 Å². The molecule has 0 aliphatic heterocycles. The van der Waals surface area contributed by atoms with E-state index in [1.165, 1.54) is 24.3 Å². The van der Waals surface area contributed by atoms with Crippen molar-refractivity contribution in [2.45, 2.75) is 12.2 Å². The number of alkyl halides is 3. The van der Waals surface area contributed by atoms with Crippen molar-refractivity contribution >= 4 is 0 Å². The maximum atomic E-state index is 12.8. The molecule has 0 aromatic heterocycles. The molecule has 0 aliphatic rings. The first kappa shape index (κ1) is 9.06. The fourth-order valence-electron chi connectivity index (χ4n) is 0.844. The predicted octanol–water partition coefficient (Wildman–Crippen LogP) is 2.25. The summed E-state index contributed by atoms with van der Waals surface area (Å²) in [6.45, 7) is 0. The molecule has 0 saturated carbocycles. The molecule has 0 amide bonds. The molecule has 0 spiro atoms. The van der Waals surface area contributed by atoms with Crippen LogP contribution in [0.5, 0.6) is 0 Å². The Hall–Kier alpha value is -1.03. The Labute approximate surface area is 68.0 Å². The number of rotatable bonds is 2. The SMILES string of the molecule is NC(F)(F)[C@H](F)c1ccccc1. The third-order valence-corrected chi connectivity index (χ3v) is 1.43. The van der Waals surface area contributed by atoms with Gasteiger partial charge in [0, 0.05) is 0 Å². The highest BCUT2D eigenvalue weighted by atomic mass is 19.3. The largest absolute Gasteiger partial charge is 0.335 e. The van der Waals surface area contributed by atoms with Gasteiger partial charge in [-0.1, -0.05) is 30.3 Å². The third-order valence-electron chi connectivity index (χ3n) is 1.43. The molecule has 0 aliphatic carbocycles. The average molecular weight is 175 g/mol. The summed E-state index contributed by atoms with van der Waals surface area (Å²) in [5.74, 6) is 0. The maximum Gasteiger partial charge on any atom is 0.335 e. The molecule has 2 N–H and O–H groups in total. The third kappa shape index (κ3) is 1.98. The summed E-state index contributed by atoms with van der Waals surface area (Å²) >= 11 is 0. The van der Waals surface area contributed by atoms with Crippen LogP contribution in [0.3, 0.4) is 0 Å². The number of nitrogens with two attached hydrogens (primary N) is 1. The van der Waals surface area contributed by atoms with Gasteiger partial charge in [-0.3, -0.25) is 5.73 Å². The molecule has 66 valence electrons. The average Bonchev–Trinajstić information content (AvgIpc) is 2.03. The zero-order chi connectivity index (χ0) is 9.19. The molecule has 1 atom stereocenters. The molecule has 1 rings (SSSR count). The second-order valence-electron chi connectivity index (χ2n) is 2.45. The molecular weight excluding hydrogens is 167 g/mol. The minimum absolute atomic E-state index is 0.106. The monoisotopic (exact) mass is 175 g/mol. The van der Waals surface area contributed by atoms with E-state index < -0.39 is 12.2 Å². The zero-order valence-corrected chi connectivity index (χ0v) is 6.18.